The van der Waals surface area contributed by atoms with E-state index in [0.717, 1.165) is 48.3 Å². The Bertz CT molecular complexity index is 416. The lowest BCUT2D eigenvalue weighted by molar-refractivity contribution is -0.0732. The molecular weight excluding hydrogens is 256 g/mol. The van der Waals surface area contributed by atoms with Crippen LogP contribution in [0.5, 0.6) is 0 Å². The van der Waals surface area contributed by atoms with Crippen LogP contribution in [-0.4, -0.2) is 11.2 Å². The van der Waals surface area contributed by atoms with Gasteiger partial charge in [-0.2, -0.15) is 0 Å². The predicted molar refractivity (Wildman–Crippen MR) is 86.8 cm³/mol. The van der Waals surface area contributed by atoms with E-state index in [-0.39, 0.29) is 6.10 Å². The highest BCUT2D eigenvalue weighted by Crippen LogP contribution is 2.64. The fraction of sp³-hybridized carbons (Fsp3) is 0.900. The quantitative estimate of drug-likeness (QED) is 0.687. The van der Waals surface area contributed by atoms with Gasteiger partial charge in [0.2, 0.25) is 0 Å². The molecule has 1 nitrogen and oxygen atoms in total. The number of fused-ring (bicyclic) bond motifs is 5. The van der Waals surface area contributed by atoms with E-state index in [9.17, 15) is 5.11 Å². The van der Waals surface area contributed by atoms with Gasteiger partial charge in [-0.15, -0.1) is 6.58 Å². The Hall–Kier alpha value is -0.300. The van der Waals surface area contributed by atoms with E-state index in [4.69, 9.17) is 0 Å². The molecule has 0 aliphatic heterocycles. The smallest absolute Gasteiger partial charge is 0.0543 e. The van der Waals surface area contributed by atoms with Crippen LogP contribution in [0.25, 0.3) is 0 Å². The number of aliphatic hydroxyl groups is 1. The first kappa shape index (κ1) is 14.3. The first-order valence-electron chi connectivity index (χ1n) is 9.44. The largest absolute Gasteiger partial charge is 0.393 e. The molecule has 5 unspecified atom stereocenters. The Labute approximate surface area is 130 Å². The van der Waals surface area contributed by atoms with E-state index in [1.54, 1.807) is 0 Å². The zero-order valence-electron chi connectivity index (χ0n) is 13.6. The van der Waals surface area contributed by atoms with Crippen molar-refractivity contribution in [3.8, 4) is 0 Å². The molecule has 118 valence electrons. The summed E-state index contributed by atoms with van der Waals surface area (Å²) in [5, 5.41) is 9.99. The molecule has 1 N–H and O–H groups in total. The standard InChI is InChI=1S/C20H32O/c1-3-14-5-9-19-18-7-4-13-12-15(21)6-8-16(13)17(18)10-11-20(14,19)2/h3,13-19,21H,1,4-12H2,2H3/t13?,14-,15?,16+,17?,18?,19?,20+/m0/s1. The van der Waals surface area contributed by atoms with E-state index in [1.807, 2.05) is 0 Å². The third kappa shape index (κ3) is 2.06. The lowest BCUT2D eigenvalue weighted by Gasteiger charge is -2.56. The molecular formula is C20H32O. The van der Waals surface area contributed by atoms with Gasteiger partial charge in [0, 0.05) is 0 Å². The van der Waals surface area contributed by atoms with Gasteiger partial charge in [0.15, 0.2) is 0 Å². The fourth-order valence-corrected chi connectivity index (χ4v) is 7.26. The van der Waals surface area contributed by atoms with Crippen LogP contribution in [0.4, 0.5) is 0 Å². The normalized spacial score (nSPS) is 56.2. The number of hydrogen-bond donors (Lipinski definition) is 1. The molecule has 0 aromatic rings. The van der Waals surface area contributed by atoms with E-state index in [0.29, 0.717) is 5.41 Å². The molecule has 8 atom stereocenters. The Morgan fingerprint density at radius 3 is 2.57 bits per heavy atom. The van der Waals surface area contributed by atoms with Gasteiger partial charge in [0.1, 0.15) is 0 Å². The molecule has 4 aliphatic carbocycles. The molecule has 21 heavy (non-hydrogen) atoms. The molecule has 0 saturated heterocycles. The molecule has 4 aliphatic rings. The van der Waals surface area contributed by atoms with Crippen molar-refractivity contribution in [2.75, 3.05) is 0 Å². The van der Waals surface area contributed by atoms with Crippen molar-refractivity contribution in [3.63, 3.8) is 0 Å². The summed E-state index contributed by atoms with van der Waals surface area (Å²) in [4.78, 5) is 0. The highest BCUT2D eigenvalue weighted by atomic mass is 16.3. The minimum Gasteiger partial charge on any atom is -0.393 e. The van der Waals surface area contributed by atoms with Crippen LogP contribution in [0, 0.1) is 40.9 Å². The van der Waals surface area contributed by atoms with Gasteiger partial charge in [-0.25, -0.2) is 0 Å². The predicted octanol–water partition coefficient (Wildman–Crippen LogP) is 4.80. The molecule has 0 amide bonds. The number of rotatable bonds is 1. The Balaban J connectivity index is 1.56. The van der Waals surface area contributed by atoms with E-state index < -0.39 is 0 Å². The molecule has 4 saturated carbocycles. The van der Waals surface area contributed by atoms with Crippen molar-refractivity contribution in [2.24, 2.45) is 40.9 Å². The topological polar surface area (TPSA) is 20.2 Å². The minimum atomic E-state index is 0.00767. The van der Waals surface area contributed by atoms with Crippen molar-refractivity contribution in [1.82, 2.24) is 0 Å². The highest BCUT2D eigenvalue weighted by Gasteiger charge is 2.56. The van der Waals surface area contributed by atoms with Crippen LogP contribution in [0.15, 0.2) is 12.7 Å². The lowest BCUT2D eigenvalue weighted by Crippen LogP contribution is -2.48. The zero-order chi connectivity index (χ0) is 14.6. The summed E-state index contributed by atoms with van der Waals surface area (Å²) < 4.78 is 0. The van der Waals surface area contributed by atoms with Crippen molar-refractivity contribution >= 4 is 0 Å². The monoisotopic (exact) mass is 288 g/mol. The Morgan fingerprint density at radius 1 is 0.952 bits per heavy atom. The zero-order valence-corrected chi connectivity index (χ0v) is 13.6. The summed E-state index contributed by atoms with van der Waals surface area (Å²) >= 11 is 0. The SMILES string of the molecule is C=C[C@H]1CCC2C3CCC4CC(O)CC[C@H]4C3CC[C@@]21C. The first-order valence-corrected chi connectivity index (χ1v) is 9.44. The molecule has 4 fully saturated rings. The molecule has 0 aromatic heterocycles. The van der Waals surface area contributed by atoms with E-state index >= 15 is 0 Å². The van der Waals surface area contributed by atoms with Gasteiger partial charge in [0.25, 0.3) is 0 Å². The molecule has 4 rings (SSSR count). The summed E-state index contributed by atoms with van der Waals surface area (Å²) in [6.45, 7) is 6.70. The maximum Gasteiger partial charge on any atom is 0.0543 e. The van der Waals surface area contributed by atoms with Crippen LogP contribution in [0.1, 0.15) is 64.7 Å². The van der Waals surface area contributed by atoms with Crippen LogP contribution >= 0.6 is 0 Å². The number of hydrogen-bond acceptors (Lipinski definition) is 1. The number of aliphatic hydroxyl groups excluding tert-OH is 1. The average molecular weight is 288 g/mol. The third-order valence-electron chi connectivity index (χ3n) is 8.28. The van der Waals surface area contributed by atoms with Crippen LogP contribution in [-0.2, 0) is 0 Å². The van der Waals surface area contributed by atoms with Crippen molar-refractivity contribution in [2.45, 2.75) is 70.8 Å². The summed E-state index contributed by atoms with van der Waals surface area (Å²) in [6.07, 6.45) is 14.3. The Morgan fingerprint density at radius 2 is 1.76 bits per heavy atom. The average Bonchev–Trinajstić information content (AvgIpc) is 2.83. The van der Waals surface area contributed by atoms with E-state index in [1.165, 1.54) is 44.9 Å². The van der Waals surface area contributed by atoms with Gasteiger partial charge in [0.05, 0.1) is 6.10 Å². The second kappa shape index (κ2) is 5.11. The molecule has 0 heterocycles. The maximum absolute atomic E-state index is 9.99. The summed E-state index contributed by atoms with van der Waals surface area (Å²) in [7, 11) is 0. The highest BCUT2D eigenvalue weighted by molar-refractivity contribution is 5.09. The summed E-state index contributed by atoms with van der Waals surface area (Å²) in [6, 6.07) is 0. The lowest BCUT2D eigenvalue weighted by atomic mass is 9.49. The van der Waals surface area contributed by atoms with Gasteiger partial charge >= 0.3 is 0 Å². The van der Waals surface area contributed by atoms with Crippen LogP contribution in [0.2, 0.25) is 0 Å². The van der Waals surface area contributed by atoms with Crippen LogP contribution in [0.3, 0.4) is 0 Å². The third-order valence-corrected chi connectivity index (χ3v) is 8.28. The second-order valence-electron chi connectivity index (χ2n) is 8.87. The number of allylic oxidation sites excluding steroid dienone is 1. The fourth-order valence-electron chi connectivity index (χ4n) is 7.26. The van der Waals surface area contributed by atoms with Crippen molar-refractivity contribution in [1.29, 1.82) is 0 Å². The molecule has 1 heteroatoms. The first-order chi connectivity index (χ1) is 10.1. The van der Waals surface area contributed by atoms with Crippen LogP contribution < -0.4 is 0 Å². The van der Waals surface area contributed by atoms with E-state index in [2.05, 4.69) is 19.6 Å². The van der Waals surface area contributed by atoms with Gasteiger partial charge < -0.3 is 5.11 Å². The van der Waals surface area contributed by atoms with Gasteiger partial charge in [-0.3, -0.25) is 0 Å². The van der Waals surface area contributed by atoms with Crippen molar-refractivity contribution in [3.05, 3.63) is 12.7 Å². The summed E-state index contributed by atoms with van der Waals surface area (Å²) in [5.41, 5.74) is 0.559. The maximum atomic E-state index is 9.99. The van der Waals surface area contributed by atoms with Gasteiger partial charge in [-0.1, -0.05) is 13.0 Å². The van der Waals surface area contributed by atoms with Crippen molar-refractivity contribution < 1.29 is 5.11 Å². The van der Waals surface area contributed by atoms with Gasteiger partial charge in [-0.05, 0) is 98.7 Å². The molecule has 0 aromatic carbocycles. The second-order valence-corrected chi connectivity index (χ2v) is 8.87. The molecule has 0 radical (unpaired) electrons. The summed E-state index contributed by atoms with van der Waals surface area (Å²) in [5.74, 6) is 5.50. The minimum absolute atomic E-state index is 0.00767. The molecule has 0 spiro atoms. The Kier molecular flexibility index (Phi) is 3.48. The molecule has 0 bridgehead atoms.